The lowest BCUT2D eigenvalue weighted by Crippen LogP contribution is -2.39. The molecule has 0 radical (unpaired) electrons. The first-order chi connectivity index (χ1) is 13.9. The van der Waals surface area contributed by atoms with E-state index in [1.165, 1.54) is 0 Å². The maximum absolute atomic E-state index is 12.7. The molecule has 2 fully saturated rings. The van der Waals surface area contributed by atoms with E-state index in [-0.39, 0.29) is 47.9 Å². The highest BCUT2D eigenvalue weighted by atomic mass is 16.2. The van der Waals surface area contributed by atoms with Gasteiger partial charge in [0.05, 0.1) is 23.2 Å². The van der Waals surface area contributed by atoms with Crippen molar-refractivity contribution in [3.63, 3.8) is 0 Å². The molecule has 3 amide bonds. The second-order valence-corrected chi connectivity index (χ2v) is 8.20. The Labute approximate surface area is 168 Å². The Morgan fingerprint density at radius 3 is 2.41 bits per heavy atom. The van der Waals surface area contributed by atoms with Crippen molar-refractivity contribution in [3.05, 3.63) is 53.9 Å². The zero-order valence-corrected chi connectivity index (χ0v) is 16.3. The fourth-order valence-corrected chi connectivity index (χ4v) is 5.07. The number of hydrogen-bond acceptors (Lipinski definition) is 4. The highest BCUT2D eigenvalue weighted by Gasteiger charge is 2.59. The van der Waals surface area contributed by atoms with Crippen LogP contribution in [0, 0.1) is 37.5 Å². The number of fused-ring (bicyclic) bond motifs is 5. The maximum Gasteiger partial charge on any atom is 0.244 e. The molecule has 148 valence electrons. The minimum Gasteiger partial charge on any atom is -0.324 e. The summed E-state index contributed by atoms with van der Waals surface area (Å²) in [6.45, 7) is 3.65. The quantitative estimate of drug-likeness (QED) is 0.641. The van der Waals surface area contributed by atoms with Crippen LogP contribution in [0.5, 0.6) is 0 Å². The zero-order valence-electron chi connectivity index (χ0n) is 16.3. The smallest absolute Gasteiger partial charge is 0.244 e. The van der Waals surface area contributed by atoms with Gasteiger partial charge in [-0.05, 0) is 56.4 Å². The minimum atomic E-state index is -0.377. The number of hydrogen-bond donors (Lipinski definition) is 1. The van der Waals surface area contributed by atoms with Crippen LogP contribution in [-0.2, 0) is 14.4 Å². The summed E-state index contributed by atoms with van der Waals surface area (Å²) in [6.07, 6.45) is 4.97. The lowest BCUT2D eigenvalue weighted by atomic mass is 9.85. The molecule has 1 saturated carbocycles. The number of carbonyl (C=O) groups is 3. The van der Waals surface area contributed by atoms with E-state index >= 15 is 0 Å². The highest BCUT2D eigenvalue weighted by molar-refractivity contribution is 6.09. The number of rotatable bonds is 4. The first kappa shape index (κ1) is 17.8. The molecule has 2 aromatic rings. The van der Waals surface area contributed by atoms with Gasteiger partial charge in [0.2, 0.25) is 17.7 Å². The number of aryl methyl sites for hydroxylation is 2. The molecular weight excluding hydrogens is 368 g/mol. The SMILES string of the molecule is Cc1cc(C)n(-c2cccc(NC(=O)CN3C(=O)[C@@H]4[C@H](C3=O)[C@H]3C=C[C@H]4C3)c2)n1. The van der Waals surface area contributed by atoms with Crippen molar-refractivity contribution in [2.75, 3.05) is 11.9 Å². The van der Waals surface area contributed by atoms with Crippen LogP contribution in [0.1, 0.15) is 17.8 Å². The molecule has 1 N–H and O–H groups in total. The van der Waals surface area contributed by atoms with E-state index in [2.05, 4.69) is 10.4 Å². The Morgan fingerprint density at radius 1 is 1.10 bits per heavy atom. The van der Waals surface area contributed by atoms with E-state index in [9.17, 15) is 14.4 Å². The van der Waals surface area contributed by atoms with Crippen LogP contribution in [0.25, 0.3) is 5.69 Å². The van der Waals surface area contributed by atoms with Crippen molar-refractivity contribution in [1.82, 2.24) is 14.7 Å². The van der Waals surface area contributed by atoms with Crippen molar-refractivity contribution < 1.29 is 14.4 Å². The maximum atomic E-state index is 12.7. The van der Waals surface area contributed by atoms with Crippen molar-refractivity contribution in [2.24, 2.45) is 23.7 Å². The third-order valence-electron chi connectivity index (χ3n) is 6.25. The molecule has 4 atom stereocenters. The molecule has 3 aliphatic rings. The zero-order chi connectivity index (χ0) is 20.3. The molecule has 1 aromatic heterocycles. The van der Waals surface area contributed by atoms with Crippen molar-refractivity contribution in [3.8, 4) is 5.69 Å². The van der Waals surface area contributed by atoms with Gasteiger partial charge in [-0.3, -0.25) is 19.3 Å². The number of nitrogens with one attached hydrogen (secondary N) is 1. The topological polar surface area (TPSA) is 84.3 Å². The third-order valence-corrected chi connectivity index (χ3v) is 6.25. The van der Waals surface area contributed by atoms with Crippen LogP contribution in [0.3, 0.4) is 0 Å². The van der Waals surface area contributed by atoms with E-state index in [1.807, 2.05) is 54.9 Å². The van der Waals surface area contributed by atoms with E-state index < -0.39 is 0 Å². The Bertz CT molecular complexity index is 1040. The Kier molecular flexibility index (Phi) is 3.94. The van der Waals surface area contributed by atoms with Crippen molar-refractivity contribution in [1.29, 1.82) is 0 Å². The summed E-state index contributed by atoms with van der Waals surface area (Å²) >= 11 is 0. The molecule has 29 heavy (non-hydrogen) atoms. The number of benzene rings is 1. The fraction of sp³-hybridized carbons (Fsp3) is 0.364. The molecule has 7 nitrogen and oxygen atoms in total. The monoisotopic (exact) mass is 390 g/mol. The van der Waals surface area contributed by atoms with E-state index in [0.29, 0.717) is 5.69 Å². The summed E-state index contributed by atoms with van der Waals surface area (Å²) in [7, 11) is 0. The second-order valence-electron chi connectivity index (χ2n) is 8.20. The normalized spacial score (nSPS) is 27.0. The summed E-state index contributed by atoms with van der Waals surface area (Å²) in [6, 6.07) is 9.33. The van der Waals surface area contributed by atoms with Gasteiger partial charge in [-0.2, -0.15) is 5.10 Å². The summed E-state index contributed by atoms with van der Waals surface area (Å²) in [5, 5.41) is 7.27. The molecule has 1 saturated heterocycles. The fourth-order valence-electron chi connectivity index (χ4n) is 5.07. The largest absolute Gasteiger partial charge is 0.324 e. The van der Waals surface area contributed by atoms with Crippen LogP contribution in [-0.4, -0.2) is 38.9 Å². The molecule has 2 aliphatic carbocycles. The predicted molar refractivity (Wildman–Crippen MR) is 106 cm³/mol. The molecule has 1 aromatic carbocycles. The number of nitrogens with zero attached hydrogens (tertiary/aromatic N) is 3. The van der Waals surface area contributed by atoms with Crippen LogP contribution in [0.15, 0.2) is 42.5 Å². The number of aromatic nitrogens is 2. The molecule has 7 heteroatoms. The molecule has 2 heterocycles. The van der Waals surface area contributed by atoms with Crippen molar-refractivity contribution in [2.45, 2.75) is 20.3 Å². The Hall–Kier alpha value is -3.22. The van der Waals surface area contributed by atoms with Gasteiger partial charge in [0, 0.05) is 11.4 Å². The lowest BCUT2D eigenvalue weighted by Gasteiger charge is -2.17. The van der Waals surface area contributed by atoms with Crippen LogP contribution < -0.4 is 5.32 Å². The van der Waals surface area contributed by atoms with E-state index in [0.717, 1.165) is 28.4 Å². The Balaban J connectivity index is 1.29. The summed E-state index contributed by atoms with van der Waals surface area (Å²) < 4.78 is 1.81. The average Bonchev–Trinajstić information content (AvgIpc) is 3.43. The van der Waals surface area contributed by atoms with Crippen LogP contribution in [0.4, 0.5) is 5.69 Å². The number of imide groups is 1. The van der Waals surface area contributed by atoms with Gasteiger partial charge in [-0.25, -0.2) is 4.68 Å². The van der Waals surface area contributed by atoms with Gasteiger partial charge in [-0.1, -0.05) is 18.2 Å². The molecule has 1 aliphatic heterocycles. The molecule has 5 rings (SSSR count). The Morgan fingerprint density at radius 2 is 1.79 bits per heavy atom. The van der Waals surface area contributed by atoms with E-state index in [4.69, 9.17) is 0 Å². The highest BCUT2D eigenvalue weighted by Crippen LogP contribution is 2.52. The van der Waals surface area contributed by atoms with Crippen molar-refractivity contribution >= 4 is 23.4 Å². The number of anilines is 1. The number of amides is 3. The minimum absolute atomic E-state index is 0.145. The lowest BCUT2D eigenvalue weighted by molar-refractivity contribution is -0.143. The van der Waals surface area contributed by atoms with Crippen LogP contribution in [0.2, 0.25) is 0 Å². The third kappa shape index (κ3) is 2.80. The van der Waals surface area contributed by atoms with Crippen LogP contribution >= 0.6 is 0 Å². The number of allylic oxidation sites excluding steroid dienone is 2. The number of carbonyl (C=O) groups excluding carboxylic acids is 3. The first-order valence-corrected chi connectivity index (χ1v) is 9.89. The van der Waals surface area contributed by atoms with Gasteiger partial charge in [0.1, 0.15) is 6.54 Å². The first-order valence-electron chi connectivity index (χ1n) is 9.89. The van der Waals surface area contributed by atoms with Gasteiger partial charge in [0.25, 0.3) is 0 Å². The predicted octanol–water partition coefficient (Wildman–Crippen LogP) is 2.23. The molecule has 0 unspecified atom stereocenters. The molecular formula is C22H22N4O3. The van der Waals surface area contributed by atoms with Gasteiger partial charge in [0.15, 0.2) is 0 Å². The van der Waals surface area contributed by atoms with E-state index in [1.54, 1.807) is 6.07 Å². The average molecular weight is 390 g/mol. The number of likely N-dealkylation sites (tertiary alicyclic amines) is 1. The summed E-state index contributed by atoms with van der Waals surface area (Å²) in [5.41, 5.74) is 3.34. The van der Waals surface area contributed by atoms with Gasteiger partial charge < -0.3 is 5.32 Å². The second kappa shape index (κ2) is 6.40. The standard InChI is InChI=1S/C22H22N4O3/c1-12-8-13(2)26(24-12)17-5-3-4-16(10-17)23-18(27)11-25-21(28)19-14-6-7-15(9-14)20(19)22(25)29/h3-8,10,14-15,19-20H,9,11H2,1-2H3,(H,23,27)/t14-,15-,19-,20+/m0/s1. The molecule has 2 bridgehead atoms. The molecule has 0 spiro atoms. The van der Waals surface area contributed by atoms with Gasteiger partial charge >= 0.3 is 0 Å². The van der Waals surface area contributed by atoms with Gasteiger partial charge in [-0.15, -0.1) is 0 Å². The summed E-state index contributed by atoms with van der Waals surface area (Å²) in [4.78, 5) is 39.2. The summed E-state index contributed by atoms with van der Waals surface area (Å²) in [5.74, 6) is -1.05.